The van der Waals surface area contributed by atoms with Gasteiger partial charge in [-0.3, -0.25) is 0 Å². The van der Waals surface area contributed by atoms with E-state index >= 15 is 0 Å². The van der Waals surface area contributed by atoms with Crippen LogP contribution in [0.5, 0.6) is 0 Å². The highest BCUT2D eigenvalue weighted by molar-refractivity contribution is 5.19. The molecule has 0 aliphatic heterocycles. The quantitative estimate of drug-likeness (QED) is 0.792. The first kappa shape index (κ1) is 8.97. The normalized spacial score (nSPS) is 12.6. The second kappa shape index (κ2) is 4.07. The van der Waals surface area contributed by atoms with Crippen molar-refractivity contribution in [3.05, 3.63) is 54.6 Å². The van der Waals surface area contributed by atoms with E-state index in [1.807, 2.05) is 41.1 Å². The number of aliphatic hydroxyl groups is 1. The first-order valence-electron chi connectivity index (χ1n) is 4.55. The SMILES string of the molecule is OCC(c1ccccc1)n1ccnc1. The van der Waals surface area contributed by atoms with Gasteiger partial charge in [0, 0.05) is 12.4 Å². The summed E-state index contributed by atoms with van der Waals surface area (Å²) < 4.78 is 1.90. The third-order valence-electron chi connectivity index (χ3n) is 2.24. The van der Waals surface area contributed by atoms with Crippen molar-refractivity contribution in [2.45, 2.75) is 6.04 Å². The first-order chi connectivity index (χ1) is 6.92. The zero-order valence-electron chi connectivity index (χ0n) is 7.74. The summed E-state index contributed by atoms with van der Waals surface area (Å²) in [5, 5.41) is 9.30. The second-order valence-corrected chi connectivity index (χ2v) is 3.12. The van der Waals surface area contributed by atoms with Crippen LogP contribution in [0.15, 0.2) is 49.1 Å². The smallest absolute Gasteiger partial charge is 0.0952 e. The minimum atomic E-state index is -0.0290. The Bertz CT molecular complexity index is 369. The van der Waals surface area contributed by atoms with Gasteiger partial charge in [-0.05, 0) is 5.56 Å². The molecule has 1 aromatic heterocycles. The lowest BCUT2D eigenvalue weighted by molar-refractivity contribution is 0.249. The average Bonchev–Trinajstić information content (AvgIpc) is 2.74. The molecule has 2 aromatic rings. The molecule has 72 valence electrons. The van der Waals surface area contributed by atoms with Gasteiger partial charge in [0.1, 0.15) is 0 Å². The molecule has 2 rings (SSSR count). The average molecular weight is 188 g/mol. The van der Waals surface area contributed by atoms with E-state index in [9.17, 15) is 5.11 Å². The molecule has 0 saturated heterocycles. The topological polar surface area (TPSA) is 38.0 Å². The van der Waals surface area contributed by atoms with Gasteiger partial charge in [0.05, 0.1) is 19.0 Å². The Morgan fingerprint density at radius 2 is 2.07 bits per heavy atom. The van der Waals surface area contributed by atoms with Gasteiger partial charge < -0.3 is 9.67 Å². The highest BCUT2D eigenvalue weighted by atomic mass is 16.3. The van der Waals surface area contributed by atoms with Gasteiger partial charge in [-0.2, -0.15) is 0 Å². The largest absolute Gasteiger partial charge is 0.394 e. The van der Waals surface area contributed by atoms with Gasteiger partial charge in [-0.25, -0.2) is 4.98 Å². The van der Waals surface area contributed by atoms with Crippen LogP contribution < -0.4 is 0 Å². The van der Waals surface area contributed by atoms with Crippen LogP contribution in [0.4, 0.5) is 0 Å². The Hall–Kier alpha value is -1.61. The zero-order valence-corrected chi connectivity index (χ0v) is 7.74. The maximum Gasteiger partial charge on any atom is 0.0952 e. The molecule has 1 N–H and O–H groups in total. The Morgan fingerprint density at radius 1 is 1.29 bits per heavy atom. The molecule has 3 heteroatoms. The number of aromatic nitrogens is 2. The number of benzene rings is 1. The van der Waals surface area contributed by atoms with Crippen LogP contribution in [0.2, 0.25) is 0 Å². The van der Waals surface area contributed by atoms with Crippen molar-refractivity contribution in [3.63, 3.8) is 0 Å². The fraction of sp³-hybridized carbons (Fsp3) is 0.182. The minimum absolute atomic E-state index is 0.0290. The Kier molecular flexibility index (Phi) is 2.60. The third kappa shape index (κ3) is 1.67. The van der Waals surface area contributed by atoms with Crippen LogP contribution in [0, 0.1) is 0 Å². The van der Waals surface area contributed by atoms with E-state index in [0.29, 0.717) is 0 Å². The van der Waals surface area contributed by atoms with Crippen molar-refractivity contribution in [3.8, 4) is 0 Å². The molecule has 0 aliphatic carbocycles. The number of imidazole rings is 1. The molecule has 0 saturated carbocycles. The highest BCUT2D eigenvalue weighted by Crippen LogP contribution is 2.16. The molecule has 0 fully saturated rings. The molecule has 0 amide bonds. The molecular formula is C11H12N2O. The van der Waals surface area contributed by atoms with E-state index in [2.05, 4.69) is 4.98 Å². The summed E-state index contributed by atoms with van der Waals surface area (Å²) in [4.78, 5) is 3.97. The first-order valence-corrected chi connectivity index (χ1v) is 4.55. The van der Waals surface area contributed by atoms with Gasteiger partial charge in [0.15, 0.2) is 0 Å². The van der Waals surface area contributed by atoms with E-state index in [4.69, 9.17) is 0 Å². The third-order valence-corrected chi connectivity index (χ3v) is 2.24. The summed E-state index contributed by atoms with van der Waals surface area (Å²) in [6.45, 7) is 0.0837. The van der Waals surface area contributed by atoms with Crippen LogP contribution >= 0.6 is 0 Å². The van der Waals surface area contributed by atoms with E-state index in [-0.39, 0.29) is 12.6 Å². The lowest BCUT2D eigenvalue weighted by Gasteiger charge is -2.15. The Labute approximate surface area is 82.7 Å². The van der Waals surface area contributed by atoms with Crippen molar-refractivity contribution in [2.24, 2.45) is 0 Å². The van der Waals surface area contributed by atoms with Crippen LogP contribution in [-0.2, 0) is 0 Å². The van der Waals surface area contributed by atoms with Crippen LogP contribution in [-0.4, -0.2) is 21.3 Å². The molecule has 0 spiro atoms. The molecule has 1 aromatic carbocycles. The summed E-state index contributed by atoms with van der Waals surface area (Å²) in [6, 6.07) is 9.87. The number of hydrogen-bond acceptors (Lipinski definition) is 2. The Balaban J connectivity index is 2.31. The lowest BCUT2D eigenvalue weighted by atomic mass is 10.1. The van der Waals surface area contributed by atoms with Gasteiger partial charge >= 0.3 is 0 Å². The van der Waals surface area contributed by atoms with Crippen LogP contribution in [0.25, 0.3) is 0 Å². The second-order valence-electron chi connectivity index (χ2n) is 3.12. The van der Waals surface area contributed by atoms with Crippen molar-refractivity contribution < 1.29 is 5.11 Å². The fourth-order valence-corrected chi connectivity index (χ4v) is 1.50. The molecule has 0 radical (unpaired) electrons. The van der Waals surface area contributed by atoms with E-state index in [1.54, 1.807) is 12.5 Å². The van der Waals surface area contributed by atoms with Gasteiger partial charge in [0.25, 0.3) is 0 Å². The van der Waals surface area contributed by atoms with Gasteiger partial charge in [-0.15, -0.1) is 0 Å². The molecule has 0 bridgehead atoms. The summed E-state index contributed by atoms with van der Waals surface area (Å²) in [7, 11) is 0. The molecule has 14 heavy (non-hydrogen) atoms. The summed E-state index contributed by atoms with van der Waals surface area (Å²) in [5.41, 5.74) is 1.09. The van der Waals surface area contributed by atoms with Crippen LogP contribution in [0.1, 0.15) is 11.6 Å². The van der Waals surface area contributed by atoms with Gasteiger partial charge in [-0.1, -0.05) is 30.3 Å². The maximum absolute atomic E-state index is 9.30. The summed E-state index contributed by atoms with van der Waals surface area (Å²) >= 11 is 0. The predicted octanol–water partition coefficient (Wildman–Crippen LogP) is 1.46. The molecule has 1 heterocycles. The number of hydrogen-bond donors (Lipinski definition) is 1. The number of nitrogens with zero attached hydrogens (tertiary/aromatic N) is 2. The van der Waals surface area contributed by atoms with Crippen molar-refractivity contribution in [2.75, 3.05) is 6.61 Å². The molecular weight excluding hydrogens is 176 g/mol. The van der Waals surface area contributed by atoms with Crippen LogP contribution in [0.3, 0.4) is 0 Å². The maximum atomic E-state index is 9.30. The fourth-order valence-electron chi connectivity index (χ4n) is 1.50. The predicted molar refractivity (Wildman–Crippen MR) is 53.9 cm³/mol. The van der Waals surface area contributed by atoms with Gasteiger partial charge in [0.2, 0.25) is 0 Å². The summed E-state index contributed by atoms with van der Waals surface area (Å²) in [5.74, 6) is 0. The van der Waals surface area contributed by atoms with E-state index in [1.165, 1.54) is 0 Å². The molecule has 1 atom stereocenters. The van der Waals surface area contributed by atoms with E-state index in [0.717, 1.165) is 5.56 Å². The zero-order chi connectivity index (χ0) is 9.80. The van der Waals surface area contributed by atoms with Crippen molar-refractivity contribution in [1.29, 1.82) is 0 Å². The highest BCUT2D eigenvalue weighted by Gasteiger charge is 2.10. The van der Waals surface area contributed by atoms with E-state index < -0.39 is 0 Å². The Morgan fingerprint density at radius 3 is 2.64 bits per heavy atom. The number of aliphatic hydroxyl groups excluding tert-OH is 1. The van der Waals surface area contributed by atoms with Crippen molar-refractivity contribution in [1.82, 2.24) is 9.55 Å². The van der Waals surface area contributed by atoms with Crippen molar-refractivity contribution >= 4 is 0 Å². The molecule has 1 unspecified atom stereocenters. The lowest BCUT2D eigenvalue weighted by Crippen LogP contribution is -2.12. The standard InChI is InChI=1S/C11H12N2O/c14-8-11(13-7-6-12-9-13)10-4-2-1-3-5-10/h1-7,9,11,14H,8H2. The monoisotopic (exact) mass is 188 g/mol. The molecule has 3 nitrogen and oxygen atoms in total. The molecule has 0 aliphatic rings. The minimum Gasteiger partial charge on any atom is -0.394 e. The summed E-state index contributed by atoms with van der Waals surface area (Å²) in [6.07, 6.45) is 5.29. The number of rotatable bonds is 3.